The fourth-order valence-corrected chi connectivity index (χ4v) is 2.54. The van der Waals surface area contributed by atoms with Crippen molar-refractivity contribution >= 4 is 12.0 Å². The predicted molar refractivity (Wildman–Crippen MR) is 94.7 cm³/mol. The van der Waals surface area contributed by atoms with Crippen LogP contribution in [-0.4, -0.2) is 39.8 Å². The van der Waals surface area contributed by atoms with E-state index in [-0.39, 0.29) is 18.5 Å². The standard InChI is InChI=1S/C18H24N4O4/c1-13-20-16(26-22-13)8-5-11-19-18(25)21-15(9-10-17(23)24)12-14-6-3-2-4-7-14/h2-4,6-7,15H,5,8-12H2,1H3,(H,23,24)(H2,19,21,25). The number of carbonyl (C=O) groups is 2. The molecule has 1 heterocycles. The summed E-state index contributed by atoms with van der Waals surface area (Å²) in [5.41, 5.74) is 1.05. The third-order valence-corrected chi connectivity index (χ3v) is 3.79. The fourth-order valence-electron chi connectivity index (χ4n) is 2.54. The maximum Gasteiger partial charge on any atom is 0.315 e. The Morgan fingerprint density at radius 3 is 2.69 bits per heavy atom. The van der Waals surface area contributed by atoms with Crippen molar-refractivity contribution in [1.29, 1.82) is 0 Å². The van der Waals surface area contributed by atoms with Gasteiger partial charge >= 0.3 is 12.0 Å². The van der Waals surface area contributed by atoms with Crippen LogP contribution < -0.4 is 10.6 Å². The molecule has 2 aromatic rings. The molecule has 0 radical (unpaired) electrons. The SMILES string of the molecule is Cc1noc(CCCNC(=O)NC(CCC(=O)O)Cc2ccccc2)n1. The van der Waals surface area contributed by atoms with Gasteiger partial charge in [-0.2, -0.15) is 4.98 Å². The number of aromatic nitrogens is 2. The van der Waals surface area contributed by atoms with Crippen molar-refractivity contribution in [1.82, 2.24) is 20.8 Å². The van der Waals surface area contributed by atoms with Gasteiger partial charge in [-0.3, -0.25) is 4.79 Å². The molecule has 1 atom stereocenters. The van der Waals surface area contributed by atoms with E-state index in [0.717, 1.165) is 5.56 Å². The van der Waals surface area contributed by atoms with Gasteiger partial charge < -0.3 is 20.3 Å². The lowest BCUT2D eigenvalue weighted by atomic mass is 10.0. The van der Waals surface area contributed by atoms with Crippen LogP contribution >= 0.6 is 0 Å². The molecule has 0 saturated carbocycles. The number of urea groups is 1. The number of aryl methyl sites for hydroxylation is 2. The van der Waals surface area contributed by atoms with E-state index in [4.69, 9.17) is 9.63 Å². The molecule has 1 aromatic heterocycles. The molecule has 0 aliphatic heterocycles. The lowest BCUT2D eigenvalue weighted by Crippen LogP contribution is -2.43. The zero-order valence-corrected chi connectivity index (χ0v) is 14.8. The number of carbonyl (C=O) groups excluding carboxylic acids is 1. The quantitative estimate of drug-likeness (QED) is 0.559. The molecule has 2 rings (SSSR count). The average molecular weight is 360 g/mol. The molecule has 8 nitrogen and oxygen atoms in total. The molecule has 26 heavy (non-hydrogen) atoms. The Kier molecular flexibility index (Phi) is 7.60. The van der Waals surface area contributed by atoms with Gasteiger partial charge in [-0.1, -0.05) is 35.5 Å². The number of hydrogen-bond donors (Lipinski definition) is 3. The van der Waals surface area contributed by atoms with Gasteiger partial charge in [0, 0.05) is 25.4 Å². The van der Waals surface area contributed by atoms with Gasteiger partial charge in [0.1, 0.15) is 0 Å². The molecule has 1 unspecified atom stereocenters. The fraction of sp³-hybridized carbons (Fsp3) is 0.444. The molecule has 0 bridgehead atoms. The molecule has 0 saturated heterocycles. The number of hydrogen-bond acceptors (Lipinski definition) is 5. The molecule has 0 spiro atoms. The second-order valence-corrected chi connectivity index (χ2v) is 6.06. The minimum Gasteiger partial charge on any atom is -0.481 e. The van der Waals surface area contributed by atoms with Gasteiger partial charge in [-0.05, 0) is 31.7 Å². The highest BCUT2D eigenvalue weighted by atomic mass is 16.5. The van der Waals surface area contributed by atoms with Crippen LogP contribution in [0.2, 0.25) is 0 Å². The summed E-state index contributed by atoms with van der Waals surface area (Å²) < 4.78 is 5.01. The van der Waals surface area contributed by atoms with Crippen molar-refractivity contribution in [2.45, 2.75) is 45.1 Å². The average Bonchev–Trinajstić information content (AvgIpc) is 3.03. The maximum absolute atomic E-state index is 12.1. The van der Waals surface area contributed by atoms with Crippen LogP contribution in [0.1, 0.15) is 36.5 Å². The van der Waals surface area contributed by atoms with Crippen LogP contribution in [-0.2, 0) is 17.6 Å². The van der Waals surface area contributed by atoms with Crippen molar-refractivity contribution in [3.05, 3.63) is 47.6 Å². The largest absolute Gasteiger partial charge is 0.481 e. The predicted octanol–water partition coefficient (Wildman–Crippen LogP) is 2.09. The lowest BCUT2D eigenvalue weighted by molar-refractivity contribution is -0.137. The Labute approximate surface area is 152 Å². The highest BCUT2D eigenvalue weighted by Gasteiger charge is 2.14. The van der Waals surface area contributed by atoms with Crippen molar-refractivity contribution in [3.63, 3.8) is 0 Å². The van der Waals surface area contributed by atoms with Gasteiger partial charge in [0.25, 0.3) is 0 Å². The third kappa shape index (κ3) is 7.33. The highest BCUT2D eigenvalue weighted by Crippen LogP contribution is 2.08. The van der Waals surface area contributed by atoms with Crippen molar-refractivity contribution in [2.24, 2.45) is 0 Å². The van der Waals surface area contributed by atoms with Gasteiger partial charge in [0.2, 0.25) is 5.89 Å². The molecule has 0 fully saturated rings. The first-order valence-corrected chi connectivity index (χ1v) is 8.62. The first-order chi connectivity index (χ1) is 12.5. The summed E-state index contributed by atoms with van der Waals surface area (Å²) in [6, 6.07) is 9.12. The zero-order valence-electron chi connectivity index (χ0n) is 14.8. The number of nitrogens with one attached hydrogen (secondary N) is 2. The third-order valence-electron chi connectivity index (χ3n) is 3.79. The van der Waals surface area contributed by atoms with E-state index in [9.17, 15) is 9.59 Å². The monoisotopic (exact) mass is 360 g/mol. The summed E-state index contributed by atoms with van der Waals surface area (Å²) in [5, 5.41) is 18.2. The van der Waals surface area contributed by atoms with Gasteiger partial charge in [-0.25, -0.2) is 4.79 Å². The smallest absolute Gasteiger partial charge is 0.315 e. The summed E-state index contributed by atoms with van der Waals surface area (Å²) in [4.78, 5) is 27.0. The Morgan fingerprint density at radius 1 is 1.27 bits per heavy atom. The van der Waals surface area contributed by atoms with E-state index < -0.39 is 5.97 Å². The molecular weight excluding hydrogens is 336 g/mol. The molecule has 3 N–H and O–H groups in total. The molecule has 2 amide bonds. The van der Waals surface area contributed by atoms with Gasteiger partial charge in [0.05, 0.1) is 0 Å². The van der Waals surface area contributed by atoms with Crippen molar-refractivity contribution in [3.8, 4) is 0 Å². The zero-order chi connectivity index (χ0) is 18.8. The Morgan fingerprint density at radius 2 is 2.04 bits per heavy atom. The minimum atomic E-state index is -0.875. The van der Waals surface area contributed by atoms with Crippen LogP contribution in [0.15, 0.2) is 34.9 Å². The number of carboxylic acids is 1. The normalized spacial score (nSPS) is 11.7. The molecule has 0 aliphatic carbocycles. The summed E-state index contributed by atoms with van der Waals surface area (Å²) in [5.74, 6) is 0.265. The minimum absolute atomic E-state index is 0.00823. The van der Waals surface area contributed by atoms with Crippen LogP contribution in [0, 0.1) is 6.92 Å². The Bertz CT molecular complexity index is 702. The molecule has 0 aliphatic rings. The number of carboxylic acid groups (broad SMARTS) is 1. The van der Waals surface area contributed by atoms with Crippen LogP contribution in [0.4, 0.5) is 4.79 Å². The topological polar surface area (TPSA) is 117 Å². The van der Waals surface area contributed by atoms with Gasteiger partial charge in [0.15, 0.2) is 5.82 Å². The van der Waals surface area contributed by atoms with Crippen LogP contribution in [0.5, 0.6) is 0 Å². The molecule has 1 aromatic carbocycles. The molecular formula is C18H24N4O4. The van der Waals surface area contributed by atoms with E-state index in [1.165, 1.54) is 0 Å². The van der Waals surface area contributed by atoms with Crippen molar-refractivity contribution < 1.29 is 19.2 Å². The Hall–Kier alpha value is -2.90. The van der Waals surface area contributed by atoms with Crippen LogP contribution in [0.25, 0.3) is 0 Å². The number of amides is 2. The molecule has 8 heteroatoms. The number of nitrogens with zero attached hydrogens (tertiary/aromatic N) is 2. The van der Waals surface area contributed by atoms with E-state index in [2.05, 4.69) is 20.8 Å². The van der Waals surface area contributed by atoms with E-state index >= 15 is 0 Å². The lowest BCUT2D eigenvalue weighted by Gasteiger charge is -2.18. The number of rotatable bonds is 10. The van der Waals surface area contributed by atoms with E-state index in [0.29, 0.717) is 43.9 Å². The maximum atomic E-state index is 12.1. The van der Waals surface area contributed by atoms with Crippen LogP contribution in [0.3, 0.4) is 0 Å². The second kappa shape index (κ2) is 10.2. The van der Waals surface area contributed by atoms with Crippen molar-refractivity contribution in [2.75, 3.05) is 6.54 Å². The second-order valence-electron chi connectivity index (χ2n) is 6.06. The highest BCUT2D eigenvalue weighted by molar-refractivity contribution is 5.74. The van der Waals surface area contributed by atoms with Gasteiger partial charge in [-0.15, -0.1) is 0 Å². The first kappa shape index (κ1) is 19.4. The number of benzene rings is 1. The van der Waals surface area contributed by atoms with E-state index in [1.807, 2.05) is 30.3 Å². The number of aliphatic carboxylic acids is 1. The Balaban J connectivity index is 1.75. The summed E-state index contributed by atoms with van der Waals surface area (Å²) in [6.07, 6.45) is 2.23. The summed E-state index contributed by atoms with van der Waals surface area (Å²) >= 11 is 0. The first-order valence-electron chi connectivity index (χ1n) is 8.62. The summed E-state index contributed by atoms with van der Waals surface area (Å²) in [6.45, 7) is 2.22. The van der Waals surface area contributed by atoms with E-state index in [1.54, 1.807) is 6.92 Å². The molecule has 140 valence electrons. The summed E-state index contributed by atoms with van der Waals surface area (Å²) in [7, 11) is 0.